The minimum Gasteiger partial charge on any atom is -0.400 e. The Morgan fingerprint density at radius 2 is 1.00 bits per heavy atom. The minimum absolute atomic E-state index is 1.00. The Bertz CT molecular complexity index is 12.3. The van der Waals surface area contributed by atoms with Crippen LogP contribution >= 0.6 is 0 Å². The van der Waals surface area contributed by atoms with Gasteiger partial charge in [-0.1, -0.05) is 0 Å². The summed E-state index contributed by atoms with van der Waals surface area (Å²) in [5, 5.41) is 7.00. The van der Waals surface area contributed by atoms with Gasteiger partial charge in [0.15, 0.2) is 0 Å². The van der Waals surface area contributed by atoms with E-state index in [1.807, 2.05) is 26.0 Å². The summed E-state index contributed by atoms with van der Waals surface area (Å²) < 4.78 is 0. The first-order chi connectivity index (χ1) is 2.73. The van der Waals surface area contributed by atoms with E-state index >= 15 is 0 Å². The van der Waals surface area contributed by atoms with E-state index in [4.69, 9.17) is 5.11 Å². The van der Waals surface area contributed by atoms with Gasteiger partial charge >= 0.3 is 0 Å². The lowest BCUT2D eigenvalue weighted by atomic mass is 11.0. The van der Waals surface area contributed by atoms with Gasteiger partial charge in [-0.3, -0.25) is 0 Å². The van der Waals surface area contributed by atoms with Crippen molar-refractivity contribution >= 4 is 0 Å². The van der Waals surface area contributed by atoms with Crippen molar-refractivity contribution in [3.8, 4) is 0 Å². The van der Waals surface area contributed by atoms with Crippen molar-refractivity contribution < 1.29 is 5.11 Å². The SMILES string of the molecule is CN(C)C.CO. The Kier molecular flexibility index (Phi) is 13.8. The predicted molar refractivity (Wildman–Crippen MR) is 27.8 cm³/mol. The second kappa shape index (κ2) is 8.87. The molecule has 0 atom stereocenters. The topological polar surface area (TPSA) is 23.5 Å². The van der Waals surface area contributed by atoms with E-state index in [-0.39, 0.29) is 0 Å². The van der Waals surface area contributed by atoms with Gasteiger partial charge in [0.25, 0.3) is 0 Å². The molecule has 0 aliphatic carbocycles. The van der Waals surface area contributed by atoms with Crippen molar-refractivity contribution in [1.29, 1.82) is 0 Å². The third-order valence-corrected chi connectivity index (χ3v) is 0. The van der Waals surface area contributed by atoms with E-state index in [1.54, 1.807) is 0 Å². The Morgan fingerprint density at radius 1 is 1.00 bits per heavy atom. The Labute approximate surface area is 39.4 Å². The first-order valence-electron chi connectivity index (χ1n) is 1.79. The van der Waals surface area contributed by atoms with Crippen LogP contribution in [-0.2, 0) is 0 Å². The van der Waals surface area contributed by atoms with E-state index in [9.17, 15) is 0 Å². The summed E-state index contributed by atoms with van der Waals surface area (Å²) in [6, 6.07) is 0. The minimum atomic E-state index is 1.00. The fourth-order valence-electron chi connectivity index (χ4n) is 0. The van der Waals surface area contributed by atoms with Gasteiger partial charge in [-0.25, -0.2) is 0 Å². The second-order valence-corrected chi connectivity index (χ2v) is 1.34. The Morgan fingerprint density at radius 3 is 1.00 bits per heavy atom. The lowest BCUT2D eigenvalue weighted by molar-refractivity contribution is 0.399. The maximum absolute atomic E-state index is 7.00. The molecule has 0 aliphatic heterocycles. The number of nitrogens with zero attached hydrogens (tertiary/aromatic N) is 1. The third kappa shape index (κ3) is 5220. The number of hydrogen-bond donors (Lipinski definition) is 1. The fraction of sp³-hybridized carbons (Fsp3) is 1.00. The van der Waals surface area contributed by atoms with Crippen molar-refractivity contribution in [1.82, 2.24) is 4.90 Å². The van der Waals surface area contributed by atoms with Crippen LogP contribution in [0.3, 0.4) is 0 Å². The molecule has 0 aromatic carbocycles. The zero-order valence-electron chi connectivity index (χ0n) is 4.89. The van der Waals surface area contributed by atoms with E-state index in [0.29, 0.717) is 0 Å². The molecule has 0 radical (unpaired) electrons. The third-order valence-electron chi connectivity index (χ3n) is 0. The van der Waals surface area contributed by atoms with Crippen LogP contribution in [0.2, 0.25) is 0 Å². The molecule has 0 saturated carbocycles. The first kappa shape index (κ1) is 9.33. The first-order valence-corrected chi connectivity index (χ1v) is 1.79. The highest BCUT2D eigenvalue weighted by Crippen LogP contribution is 1.47. The van der Waals surface area contributed by atoms with Crippen LogP contribution in [0.15, 0.2) is 0 Å². The molecule has 0 fully saturated rings. The quantitative estimate of drug-likeness (QED) is 0.446. The highest BCUT2D eigenvalue weighted by Gasteiger charge is 1.58. The maximum Gasteiger partial charge on any atom is 0.0319 e. The second-order valence-electron chi connectivity index (χ2n) is 1.34. The molecule has 40 valence electrons. The van der Waals surface area contributed by atoms with Crippen LogP contribution in [0, 0.1) is 0 Å². The molecule has 2 nitrogen and oxygen atoms in total. The average Bonchev–Trinajstić information content (AvgIpc) is 1.41. The Balaban J connectivity index is 0. The lowest BCUT2D eigenvalue weighted by Crippen LogP contribution is -1.99. The molecular weight excluding hydrogens is 78.0 g/mol. The highest BCUT2D eigenvalue weighted by molar-refractivity contribution is 4.09. The fourth-order valence-corrected chi connectivity index (χ4v) is 0. The smallest absolute Gasteiger partial charge is 0.0319 e. The van der Waals surface area contributed by atoms with E-state index in [1.165, 1.54) is 0 Å². The molecule has 0 amide bonds. The molecule has 0 aliphatic rings. The predicted octanol–water partition coefficient (Wildman–Crippen LogP) is -0.214. The standard InChI is InChI=1S/C3H9N.CH4O/c1-4(2)3;1-2/h1-3H3;2H,1H3. The van der Waals surface area contributed by atoms with E-state index < -0.39 is 0 Å². The number of hydrogen-bond acceptors (Lipinski definition) is 2. The van der Waals surface area contributed by atoms with Crippen molar-refractivity contribution in [3.05, 3.63) is 0 Å². The van der Waals surface area contributed by atoms with E-state index in [0.717, 1.165) is 7.11 Å². The van der Waals surface area contributed by atoms with Crippen LogP contribution in [-0.4, -0.2) is 38.3 Å². The summed E-state index contributed by atoms with van der Waals surface area (Å²) in [7, 11) is 7.00. The van der Waals surface area contributed by atoms with Crippen LogP contribution in [0.4, 0.5) is 0 Å². The molecule has 1 N–H and O–H groups in total. The normalized spacial score (nSPS) is 7.00. The molecule has 0 heterocycles. The number of rotatable bonds is 0. The molecule has 0 aromatic heterocycles. The monoisotopic (exact) mass is 91.1 g/mol. The molecule has 0 rings (SSSR count). The number of aliphatic hydroxyl groups excluding tert-OH is 1. The molecule has 6 heavy (non-hydrogen) atoms. The zero-order chi connectivity index (χ0) is 5.58. The van der Waals surface area contributed by atoms with Gasteiger partial charge in [-0.2, -0.15) is 0 Å². The van der Waals surface area contributed by atoms with Crippen molar-refractivity contribution in [2.75, 3.05) is 28.3 Å². The van der Waals surface area contributed by atoms with Gasteiger partial charge in [0.2, 0.25) is 0 Å². The van der Waals surface area contributed by atoms with Crippen LogP contribution < -0.4 is 0 Å². The summed E-state index contributed by atoms with van der Waals surface area (Å²) in [5.41, 5.74) is 0. The largest absolute Gasteiger partial charge is 0.400 e. The number of aliphatic hydroxyl groups is 1. The van der Waals surface area contributed by atoms with E-state index in [2.05, 4.69) is 0 Å². The van der Waals surface area contributed by atoms with Crippen molar-refractivity contribution in [2.45, 2.75) is 0 Å². The van der Waals surface area contributed by atoms with Gasteiger partial charge < -0.3 is 10.0 Å². The summed E-state index contributed by atoms with van der Waals surface area (Å²) in [6.45, 7) is 0. The summed E-state index contributed by atoms with van der Waals surface area (Å²) in [5.74, 6) is 0. The highest BCUT2D eigenvalue weighted by atomic mass is 16.2. The molecule has 0 bridgehead atoms. The lowest BCUT2D eigenvalue weighted by Gasteiger charge is -1.90. The van der Waals surface area contributed by atoms with Crippen LogP contribution in [0.25, 0.3) is 0 Å². The van der Waals surface area contributed by atoms with Gasteiger partial charge in [-0.15, -0.1) is 0 Å². The molecule has 0 spiro atoms. The van der Waals surface area contributed by atoms with Gasteiger partial charge in [-0.05, 0) is 21.1 Å². The van der Waals surface area contributed by atoms with Gasteiger partial charge in [0, 0.05) is 7.11 Å². The summed E-state index contributed by atoms with van der Waals surface area (Å²) in [6.07, 6.45) is 0. The molecule has 0 aromatic rings. The van der Waals surface area contributed by atoms with Crippen molar-refractivity contribution in [3.63, 3.8) is 0 Å². The molecular formula is C4H13NO. The molecule has 0 saturated heterocycles. The van der Waals surface area contributed by atoms with Crippen LogP contribution in [0.1, 0.15) is 0 Å². The summed E-state index contributed by atoms with van der Waals surface area (Å²) >= 11 is 0. The van der Waals surface area contributed by atoms with Crippen molar-refractivity contribution in [2.24, 2.45) is 0 Å². The summed E-state index contributed by atoms with van der Waals surface area (Å²) in [4.78, 5) is 2.00. The maximum atomic E-state index is 7.00. The van der Waals surface area contributed by atoms with Gasteiger partial charge in [0.1, 0.15) is 0 Å². The zero-order valence-corrected chi connectivity index (χ0v) is 4.89. The average molecular weight is 91.2 g/mol. The molecule has 2 heteroatoms. The van der Waals surface area contributed by atoms with Gasteiger partial charge in [0.05, 0.1) is 0 Å². The molecule has 0 unspecified atom stereocenters. The van der Waals surface area contributed by atoms with Crippen LogP contribution in [0.5, 0.6) is 0 Å². The Hall–Kier alpha value is -0.0800.